The standard InChI is InChI=1S/C12H26N2/c1-12(2,3)13-9-10-14(4)11-7-5-6-8-11/h11,13H,5-10H2,1-4H3. The number of hydrogen-bond donors (Lipinski definition) is 1. The van der Waals surface area contributed by atoms with Crippen LogP contribution >= 0.6 is 0 Å². The van der Waals surface area contributed by atoms with Crippen LogP contribution in [-0.4, -0.2) is 36.6 Å². The van der Waals surface area contributed by atoms with Gasteiger partial charge in [-0.05, 0) is 40.7 Å². The smallest absolute Gasteiger partial charge is 0.0107 e. The van der Waals surface area contributed by atoms with Crippen LogP contribution in [0.2, 0.25) is 0 Å². The number of hydrogen-bond acceptors (Lipinski definition) is 2. The van der Waals surface area contributed by atoms with Crippen molar-refractivity contribution in [2.75, 3.05) is 20.1 Å². The fourth-order valence-corrected chi connectivity index (χ4v) is 2.13. The molecule has 0 unspecified atom stereocenters. The van der Waals surface area contributed by atoms with Gasteiger partial charge in [0.1, 0.15) is 0 Å². The topological polar surface area (TPSA) is 15.3 Å². The first-order valence-electron chi connectivity index (χ1n) is 5.94. The van der Waals surface area contributed by atoms with E-state index in [2.05, 4.69) is 38.0 Å². The van der Waals surface area contributed by atoms with Gasteiger partial charge < -0.3 is 10.2 Å². The molecule has 0 saturated heterocycles. The summed E-state index contributed by atoms with van der Waals surface area (Å²) >= 11 is 0. The Balaban J connectivity index is 2.11. The molecule has 2 heteroatoms. The van der Waals surface area contributed by atoms with Crippen molar-refractivity contribution in [1.29, 1.82) is 0 Å². The van der Waals surface area contributed by atoms with Gasteiger partial charge >= 0.3 is 0 Å². The van der Waals surface area contributed by atoms with Gasteiger partial charge in [0.05, 0.1) is 0 Å². The van der Waals surface area contributed by atoms with Gasteiger partial charge in [0.2, 0.25) is 0 Å². The third-order valence-corrected chi connectivity index (χ3v) is 3.07. The van der Waals surface area contributed by atoms with Crippen molar-refractivity contribution in [3.63, 3.8) is 0 Å². The van der Waals surface area contributed by atoms with Crippen LogP contribution in [0.3, 0.4) is 0 Å². The molecule has 1 N–H and O–H groups in total. The molecule has 1 rings (SSSR count). The number of nitrogens with one attached hydrogen (secondary N) is 1. The first-order chi connectivity index (χ1) is 6.49. The van der Waals surface area contributed by atoms with Crippen molar-refractivity contribution in [2.24, 2.45) is 0 Å². The molecule has 1 fully saturated rings. The molecular formula is C12H26N2. The van der Waals surface area contributed by atoms with Crippen LogP contribution in [0.25, 0.3) is 0 Å². The molecule has 2 nitrogen and oxygen atoms in total. The van der Waals surface area contributed by atoms with Crippen LogP contribution in [0.1, 0.15) is 46.5 Å². The van der Waals surface area contributed by atoms with Crippen LogP contribution in [0, 0.1) is 0 Å². The predicted octanol–water partition coefficient (Wildman–Crippen LogP) is 2.25. The summed E-state index contributed by atoms with van der Waals surface area (Å²) in [5.74, 6) is 0. The molecule has 0 aromatic rings. The zero-order valence-electron chi connectivity index (χ0n) is 10.3. The minimum Gasteiger partial charge on any atom is -0.311 e. The van der Waals surface area contributed by atoms with Gasteiger partial charge in [-0.25, -0.2) is 0 Å². The van der Waals surface area contributed by atoms with Crippen LogP contribution in [0.15, 0.2) is 0 Å². The van der Waals surface area contributed by atoms with Crippen molar-refractivity contribution < 1.29 is 0 Å². The van der Waals surface area contributed by atoms with E-state index in [0.29, 0.717) is 0 Å². The lowest BCUT2D eigenvalue weighted by molar-refractivity contribution is 0.237. The zero-order valence-corrected chi connectivity index (χ0v) is 10.3. The zero-order chi connectivity index (χ0) is 10.6. The maximum Gasteiger partial charge on any atom is 0.0107 e. The summed E-state index contributed by atoms with van der Waals surface area (Å²) in [4.78, 5) is 2.52. The molecule has 0 aromatic carbocycles. The molecule has 0 radical (unpaired) electrons. The molecule has 0 atom stereocenters. The Morgan fingerprint density at radius 1 is 1.21 bits per heavy atom. The quantitative estimate of drug-likeness (QED) is 0.745. The van der Waals surface area contributed by atoms with E-state index in [4.69, 9.17) is 0 Å². The predicted molar refractivity (Wildman–Crippen MR) is 62.6 cm³/mol. The normalized spacial score (nSPS) is 19.5. The van der Waals surface area contributed by atoms with Crippen LogP contribution in [-0.2, 0) is 0 Å². The third kappa shape index (κ3) is 4.43. The van der Waals surface area contributed by atoms with Crippen LogP contribution in [0.4, 0.5) is 0 Å². The Morgan fingerprint density at radius 3 is 2.29 bits per heavy atom. The summed E-state index contributed by atoms with van der Waals surface area (Å²) in [5, 5.41) is 3.53. The van der Waals surface area contributed by atoms with E-state index in [1.54, 1.807) is 0 Å². The van der Waals surface area contributed by atoms with Gasteiger partial charge in [-0.2, -0.15) is 0 Å². The summed E-state index contributed by atoms with van der Waals surface area (Å²) in [5.41, 5.74) is 0.260. The third-order valence-electron chi connectivity index (χ3n) is 3.07. The second-order valence-electron chi connectivity index (χ2n) is 5.60. The Kier molecular flexibility index (Phi) is 4.39. The van der Waals surface area contributed by atoms with E-state index in [1.165, 1.54) is 32.2 Å². The molecule has 1 saturated carbocycles. The molecule has 1 aliphatic rings. The molecule has 0 aliphatic heterocycles. The lowest BCUT2D eigenvalue weighted by Crippen LogP contribution is -2.42. The van der Waals surface area contributed by atoms with Crippen molar-refractivity contribution in [2.45, 2.75) is 58.0 Å². The molecule has 84 valence electrons. The SMILES string of the molecule is CN(CCNC(C)(C)C)C1CCCC1. The molecule has 14 heavy (non-hydrogen) atoms. The average molecular weight is 198 g/mol. The first kappa shape index (κ1) is 12.0. The van der Waals surface area contributed by atoms with Crippen molar-refractivity contribution in [3.8, 4) is 0 Å². The van der Waals surface area contributed by atoms with Gasteiger partial charge in [0.15, 0.2) is 0 Å². The molecule has 0 bridgehead atoms. The Morgan fingerprint density at radius 2 is 1.79 bits per heavy atom. The Hall–Kier alpha value is -0.0800. The van der Waals surface area contributed by atoms with Gasteiger partial charge in [0, 0.05) is 24.7 Å². The second kappa shape index (κ2) is 5.13. The highest BCUT2D eigenvalue weighted by Gasteiger charge is 2.19. The van der Waals surface area contributed by atoms with Gasteiger partial charge in [0.25, 0.3) is 0 Å². The van der Waals surface area contributed by atoms with Crippen LogP contribution < -0.4 is 5.32 Å². The lowest BCUT2D eigenvalue weighted by atomic mass is 10.1. The summed E-state index contributed by atoms with van der Waals surface area (Å²) in [6.45, 7) is 8.96. The van der Waals surface area contributed by atoms with Crippen molar-refractivity contribution in [3.05, 3.63) is 0 Å². The average Bonchev–Trinajstić information content (AvgIpc) is 2.53. The largest absolute Gasteiger partial charge is 0.311 e. The molecule has 0 aromatic heterocycles. The number of rotatable bonds is 4. The lowest BCUT2D eigenvalue weighted by Gasteiger charge is -2.27. The molecule has 0 spiro atoms. The minimum absolute atomic E-state index is 0.260. The van der Waals surface area contributed by atoms with E-state index in [1.807, 2.05) is 0 Å². The molecule has 0 heterocycles. The summed E-state index contributed by atoms with van der Waals surface area (Å²) < 4.78 is 0. The van der Waals surface area contributed by atoms with Crippen molar-refractivity contribution in [1.82, 2.24) is 10.2 Å². The maximum atomic E-state index is 3.53. The van der Waals surface area contributed by atoms with Gasteiger partial charge in [-0.1, -0.05) is 12.8 Å². The highest BCUT2D eigenvalue weighted by molar-refractivity contribution is 4.77. The van der Waals surface area contributed by atoms with Gasteiger partial charge in [-0.3, -0.25) is 0 Å². The second-order valence-corrected chi connectivity index (χ2v) is 5.60. The van der Waals surface area contributed by atoms with E-state index in [-0.39, 0.29) is 5.54 Å². The van der Waals surface area contributed by atoms with E-state index in [9.17, 15) is 0 Å². The minimum atomic E-state index is 0.260. The van der Waals surface area contributed by atoms with E-state index in [0.717, 1.165) is 12.6 Å². The van der Waals surface area contributed by atoms with Gasteiger partial charge in [-0.15, -0.1) is 0 Å². The van der Waals surface area contributed by atoms with Crippen molar-refractivity contribution >= 4 is 0 Å². The Bertz CT molecular complexity index is 154. The number of nitrogens with zero attached hydrogens (tertiary/aromatic N) is 1. The summed E-state index contributed by atoms with van der Waals surface area (Å²) in [7, 11) is 2.26. The van der Waals surface area contributed by atoms with E-state index < -0.39 is 0 Å². The fraction of sp³-hybridized carbons (Fsp3) is 1.00. The summed E-state index contributed by atoms with van der Waals surface area (Å²) in [6.07, 6.45) is 5.68. The fourth-order valence-electron chi connectivity index (χ4n) is 2.13. The molecule has 0 amide bonds. The Labute approximate surface area is 89.1 Å². The summed E-state index contributed by atoms with van der Waals surface area (Å²) in [6, 6.07) is 0.858. The molecule has 1 aliphatic carbocycles. The highest BCUT2D eigenvalue weighted by Crippen LogP contribution is 2.21. The monoisotopic (exact) mass is 198 g/mol. The van der Waals surface area contributed by atoms with E-state index >= 15 is 0 Å². The van der Waals surface area contributed by atoms with Crippen LogP contribution in [0.5, 0.6) is 0 Å². The highest BCUT2D eigenvalue weighted by atomic mass is 15.1. The first-order valence-corrected chi connectivity index (χ1v) is 5.94. The maximum absolute atomic E-state index is 3.53. The molecular weight excluding hydrogens is 172 g/mol. The number of likely N-dealkylation sites (N-methyl/N-ethyl adjacent to an activating group) is 1.